The van der Waals surface area contributed by atoms with Crippen LogP contribution < -0.4 is 16.0 Å². The second-order valence-corrected chi connectivity index (χ2v) is 6.09. The third-order valence-corrected chi connectivity index (χ3v) is 4.32. The number of nitrogens with two attached hydrogens (primary N) is 1. The first kappa shape index (κ1) is 12.9. The molecule has 0 aliphatic heterocycles. The number of hydrazine groups is 1. The molecule has 0 spiro atoms. The van der Waals surface area contributed by atoms with Crippen LogP contribution in [-0.2, 0) is 16.6 Å². The molecule has 4 N–H and O–H groups in total. The van der Waals surface area contributed by atoms with Gasteiger partial charge < -0.3 is 0 Å². The van der Waals surface area contributed by atoms with E-state index < -0.39 is 10.0 Å². The van der Waals surface area contributed by atoms with Crippen LogP contribution in [-0.4, -0.2) is 18.4 Å². The molecule has 0 aromatic carbocycles. The highest BCUT2D eigenvalue weighted by molar-refractivity contribution is 7.89. The minimum atomic E-state index is -3.60. The van der Waals surface area contributed by atoms with Crippen molar-refractivity contribution < 1.29 is 8.42 Å². The van der Waals surface area contributed by atoms with Gasteiger partial charge in [0, 0.05) is 11.4 Å². The third kappa shape index (κ3) is 3.01. The smallest absolute Gasteiger partial charge is 0.243 e. The van der Waals surface area contributed by atoms with Gasteiger partial charge in [0.15, 0.2) is 0 Å². The maximum absolute atomic E-state index is 11.9. The Morgan fingerprint density at radius 2 is 2.06 bits per heavy atom. The van der Waals surface area contributed by atoms with E-state index in [4.69, 9.17) is 5.84 Å². The summed E-state index contributed by atoms with van der Waals surface area (Å²) in [7, 11) is -3.60. The lowest BCUT2D eigenvalue weighted by Gasteiger charge is -2.05. The summed E-state index contributed by atoms with van der Waals surface area (Å²) < 4.78 is 26.2. The topological polar surface area (TPSA) is 110 Å². The molecular formula is C9H11N5O2S2. The molecule has 2 aromatic rings. The molecule has 9 heteroatoms. The summed E-state index contributed by atoms with van der Waals surface area (Å²) in [6, 6.07) is 3.71. The molecular weight excluding hydrogens is 274 g/mol. The first-order valence-electron chi connectivity index (χ1n) is 4.92. The van der Waals surface area contributed by atoms with Crippen molar-refractivity contribution in [3.63, 3.8) is 0 Å². The minimum absolute atomic E-state index is 0.00180. The fourth-order valence-corrected chi connectivity index (χ4v) is 2.82. The van der Waals surface area contributed by atoms with Crippen molar-refractivity contribution in [1.29, 1.82) is 0 Å². The highest BCUT2D eigenvalue weighted by atomic mass is 32.2. The zero-order valence-corrected chi connectivity index (χ0v) is 10.8. The summed E-state index contributed by atoms with van der Waals surface area (Å²) in [5, 5.41) is 1.88. The standard InChI is InChI=1S/C9H11N5O2S2/c10-14-9-11-5-8(6-12-9)18(15,16)13-4-7-2-1-3-17-7/h1-3,5-6,13H,4,10H2,(H,11,12,14). The summed E-state index contributed by atoms with van der Waals surface area (Å²) in [6.07, 6.45) is 2.39. The van der Waals surface area contributed by atoms with Crippen LogP contribution >= 0.6 is 11.3 Å². The number of thiophene rings is 1. The molecule has 0 saturated carbocycles. The van der Waals surface area contributed by atoms with Crippen molar-refractivity contribution in [3.05, 3.63) is 34.8 Å². The molecule has 0 aliphatic carbocycles. The van der Waals surface area contributed by atoms with Crippen molar-refractivity contribution in [2.75, 3.05) is 5.43 Å². The summed E-state index contributed by atoms with van der Waals surface area (Å²) in [6.45, 7) is 0.247. The Morgan fingerprint density at radius 3 is 2.61 bits per heavy atom. The zero-order chi connectivity index (χ0) is 13.0. The Bertz CT molecular complexity index is 594. The van der Waals surface area contributed by atoms with Crippen LogP contribution in [0.1, 0.15) is 4.88 Å². The molecule has 0 atom stereocenters. The van der Waals surface area contributed by atoms with E-state index in [9.17, 15) is 8.42 Å². The van der Waals surface area contributed by atoms with Gasteiger partial charge in [-0.15, -0.1) is 11.3 Å². The minimum Gasteiger partial charge on any atom is -0.292 e. The molecule has 0 unspecified atom stereocenters. The summed E-state index contributed by atoms with van der Waals surface area (Å²) in [5.74, 6) is 5.25. The molecule has 0 amide bonds. The van der Waals surface area contributed by atoms with Crippen LogP contribution in [0.5, 0.6) is 0 Å². The van der Waals surface area contributed by atoms with E-state index in [1.54, 1.807) is 0 Å². The second kappa shape index (κ2) is 5.40. The summed E-state index contributed by atoms with van der Waals surface area (Å²) in [4.78, 5) is 8.42. The fourth-order valence-electron chi connectivity index (χ4n) is 1.19. The van der Waals surface area contributed by atoms with E-state index in [0.29, 0.717) is 0 Å². The number of anilines is 1. The number of rotatable bonds is 5. The number of nitrogens with zero attached hydrogens (tertiary/aromatic N) is 2. The normalized spacial score (nSPS) is 11.4. The molecule has 96 valence electrons. The van der Waals surface area contributed by atoms with E-state index >= 15 is 0 Å². The Hall–Kier alpha value is -1.55. The van der Waals surface area contributed by atoms with E-state index in [1.807, 2.05) is 17.5 Å². The van der Waals surface area contributed by atoms with Crippen LogP contribution in [0, 0.1) is 0 Å². The summed E-state index contributed by atoms with van der Waals surface area (Å²) in [5.41, 5.74) is 2.22. The van der Waals surface area contributed by atoms with E-state index in [2.05, 4.69) is 20.1 Å². The number of hydrogen-bond donors (Lipinski definition) is 3. The van der Waals surface area contributed by atoms with Gasteiger partial charge in [-0.1, -0.05) is 6.07 Å². The Morgan fingerprint density at radius 1 is 1.33 bits per heavy atom. The van der Waals surface area contributed by atoms with Crippen LogP contribution in [0.4, 0.5) is 5.95 Å². The van der Waals surface area contributed by atoms with Crippen LogP contribution in [0.25, 0.3) is 0 Å². The highest BCUT2D eigenvalue weighted by Gasteiger charge is 2.14. The van der Waals surface area contributed by atoms with Gasteiger partial charge in [0.1, 0.15) is 4.90 Å². The Kier molecular flexibility index (Phi) is 3.87. The van der Waals surface area contributed by atoms with Crippen molar-refractivity contribution in [2.24, 2.45) is 5.84 Å². The molecule has 7 nitrogen and oxygen atoms in total. The van der Waals surface area contributed by atoms with Gasteiger partial charge in [0.05, 0.1) is 12.4 Å². The average molecular weight is 285 g/mol. The molecule has 0 bridgehead atoms. The lowest BCUT2D eigenvalue weighted by atomic mass is 10.5. The van der Waals surface area contributed by atoms with Crippen LogP contribution in [0.2, 0.25) is 0 Å². The van der Waals surface area contributed by atoms with E-state index in [-0.39, 0.29) is 17.4 Å². The molecule has 0 fully saturated rings. The molecule has 0 aliphatic rings. The molecule has 2 aromatic heterocycles. The first-order valence-corrected chi connectivity index (χ1v) is 7.29. The monoisotopic (exact) mass is 285 g/mol. The molecule has 2 heterocycles. The lowest BCUT2D eigenvalue weighted by Crippen LogP contribution is -2.23. The summed E-state index contributed by atoms with van der Waals surface area (Å²) >= 11 is 1.48. The molecule has 2 rings (SSSR count). The molecule has 0 radical (unpaired) electrons. The fraction of sp³-hybridized carbons (Fsp3) is 0.111. The van der Waals surface area contributed by atoms with Gasteiger partial charge in [0.2, 0.25) is 16.0 Å². The predicted molar refractivity (Wildman–Crippen MR) is 68.2 cm³/mol. The predicted octanol–water partition coefficient (Wildman–Crippen LogP) is 0.302. The van der Waals surface area contributed by atoms with Gasteiger partial charge in [-0.2, -0.15) is 0 Å². The van der Waals surface area contributed by atoms with Gasteiger partial charge in [-0.05, 0) is 11.4 Å². The number of nitrogen functional groups attached to an aromatic ring is 1. The number of hydrogen-bond acceptors (Lipinski definition) is 7. The van der Waals surface area contributed by atoms with Crippen molar-refractivity contribution in [1.82, 2.24) is 14.7 Å². The number of aromatic nitrogens is 2. The van der Waals surface area contributed by atoms with Crippen molar-refractivity contribution in [2.45, 2.75) is 11.4 Å². The van der Waals surface area contributed by atoms with Crippen molar-refractivity contribution in [3.8, 4) is 0 Å². The SMILES string of the molecule is NNc1ncc(S(=O)(=O)NCc2cccs2)cn1. The zero-order valence-electron chi connectivity index (χ0n) is 9.20. The Balaban J connectivity index is 2.09. The van der Waals surface area contributed by atoms with Gasteiger partial charge >= 0.3 is 0 Å². The number of sulfonamides is 1. The average Bonchev–Trinajstić information content (AvgIpc) is 2.90. The van der Waals surface area contributed by atoms with Gasteiger partial charge in [0.25, 0.3) is 0 Å². The second-order valence-electron chi connectivity index (χ2n) is 3.29. The maximum Gasteiger partial charge on any atom is 0.243 e. The third-order valence-electron chi connectivity index (χ3n) is 2.08. The lowest BCUT2D eigenvalue weighted by molar-refractivity contribution is 0.581. The Labute approximate surface area is 108 Å². The quantitative estimate of drug-likeness (QED) is 0.538. The van der Waals surface area contributed by atoms with E-state index in [0.717, 1.165) is 4.88 Å². The number of nitrogens with one attached hydrogen (secondary N) is 2. The van der Waals surface area contributed by atoms with Crippen LogP contribution in [0.3, 0.4) is 0 Å². The highest BCUT2D eigenvalue weighted by Crippen LogP contribution is 2.11. The first-order chi connectivity index (χ1) is 8.62. The maximum atomic E-state index is 11.9. The molecule has 0 saturated heterocycles. The van der Waals surface area contributed by atoms with E-state index in [1.165, 1.54) is 23.7 Å². The molecule has 18 heavy (non-hydrogen) atoms. The van der Waals surface area contributed by atoms with Crippen LogP contribution in [0.15, 0.2) is 34.8 Å². The van der Waals surface area contributed by atoms with Gasteiger partial charge in [-0.3, -0.25) is 5.43 Å². The van der Waals surface area contributed by atoms with Crippen molar-refractivity contribution >= 4 is 27.3 Å². The van der Waals surface area contributed by atoms with Gasteiger partial charge in [-0.25, -0.2) is 29.0 Å². The largest absolute Gasteiger partial charge is 0.292 e.